The van der Waals surface area contributed by atoms with Gasteiger partial charge in [0.2, 0.25) is 0 Å². The molecule has 1 heterocycles. The van der Waals surface area contributed by atoms with Gasteiger partial charge in [0.05, 0.1) is 10.5 Å². The molecular formula is C13H16N2O4. The summed E-state index contributed by atoms with van der Waals surface area (Å²) in [6.07, 6.45) is 0.932. The minimum Gasteiger partial charge on any atom is -0.478 e. The van der Waals surface area contributed by atoms with Crippen LogP contribution in [0.1, 0.15) is 30.6 Å². The molecule has 1 saturated heterocycles. The van der Waals surface area contributed by atoms with Crippen molar-refractivity contribution in [3.05, 3.63) is 33.9 Å². The van der Waals surface area contributed by atoms with E-state index in [9.17, 15) is 14.9 Å². The van der Waals surface area contributed by atoms with E-state index in [0.29, 0.717) is 18.8 Å². The fourth-order valence-electron chi connectivity index (χ4n) is 2.38. The topological polar surface area (TPSA) is 83.7 Å². The summed E-state index contributed by atoms with van der Waals surface area (Å²) in [6.45, 7) is 5.59. The summed E-state index contributed by atoms with van der Waals surface area (Å²) in [4.78, 5) is 23.5. The van der Waals surface area contributed by atoms with Crippen molar-refractivity contribution in [3.8, 4) is 0 Å². The van der Waals surface area contributed by atoms with Crippen molar-refractivity contribution in [3.63, 3.8) is 0 Å². The number of carboxylic acid groups (broad SMARTS) is 1. The molecule has 1 aliphatic heterocycles. The molecule has 0 radical (unpaired) electrons. The lowest BCUT2D eigenvalue weighted by atomic mass is 9.93. The highest BCUT2D eigenvalue weighted by Crippen LogP contribution is 2.37. The summed E-state index contributed by atoms with van der Waals surface area (Å²) < 4.78 is 0. The van der Waals surface area contributed by atoms with Crippen LogP contribution in [-0.4, -0.2) is 29.1 Å². The zero-order valence-corrected chi connectivity index (χ0v) is 10.9. The van der Waals surface area contributed by atoms with Crippen LogP contribution in [0.3, 0.4) is 0 Å². The van der Waals surface area contributed by atoms with Crippen LogP contribution < -0.4 is 4.90 Å². The molecule has 0 aromatic heterocycles. The maximum Gasteiger partial charge on any atom is 0.335 e. The quantitative estimate of drug-likeness (QED) is 0.670. The molecule has 1 N–H and O–H groups in total. The van der Waals surface area contributed by atoms with E-state index < -0.39 is 10.9 Å². The molecular weight excluding hydrogens is 248 g/mol. The maximum atomic E-state index is 11.1. The number of anilines is 1. The minimum absolute atomic E-state index is 0.0392. The first-order valence-corrected chi connectivity index (χ1v) is 6.07. The van der Waals surface area contributed by atoms with Gasteiger partial charge in [0.25, 0.3) is 5.69 Å². The van der Waals surface area contributed by atoms with Gasteiger partial charge in [0.15, 0.2) is 0 Å². The van der Waals surface area contributed by atoms with Gasteiger partial charge in [-0.05, 0) is 24.0 Å². The van der Waals surface area contributed by atoms with Crippen LogP contribution >= 0.6 is 0 Å². The van der Waals surface area contributed by atoms with Crippen molar-refractivity contribution in [2.24, 2.45) is 5.41 Å². The molecule has 0 bridgehead atoms. The number of hydrogen-bond acceptors (Lipinski definition) is 4. The molecule has 0 spiro atoms. The van der Waals surface area contributed by atoms with Gasteiger partial charge in [0.1, 0.15) is 5.69 Å². The van der Waals surface area contributed by atoms with E-state index in [-0.39, 0.29) is 16.7 Å². The number of hydrogen-bond donors (Lipinski definition) is 1. The molecule has 1 aromatic rings. The van der Waals surface area contributed by atoms with E-state index in [4.69, 9.17) is 5.11 Å². The average Bonchev–Trinajstić information content (AvgIpc) is 2.68. The van der Waals surface area contributed by atoms with Crippen molar-refractivity contribution in [1.82, 2.24) is 0 Å². The van der Waals surface area contributed by atoms with Crippen molar-refractivity contribution in [1.29, 1.82) is 0 Å². The van der Waals surface area contributed by atoms with Gasteiger partial charge >= 0.3 is 5.97 Å². The Balaban J connectivity index is 2.44. The van der Waals surface area contributed by atoms with Gasteiger partial charge in [-0.2, -0.15) is 0 Å². The number of nitro groups is 1. The van der Waals surface area contributed by atoms with Crippen LogP contribution in [0.5, 0.6) is 0 Å². The molecule has 0 amide bonds. The Kier molecular flexibility index (Phi) is 3.18. The first kappa shape index (κ1) is 13.3. The third kappa shape index (κ3) is 2.67. The van der Waals surface area contributed by atoms with Gasteiger partial charge in [-0.25, -0.2) is 4.79 Å². The molecule has 0 saturated carbocycles. The number of rotatable bonds is 3. The predicted molar refractivity (Wildman–Crippen MR) is 70.7 cm³/mol. The van der Waals surface area contributed by atoms with E-state index in [2.05, 4.69) is 13.8 Å². The summed E-state index contributed by atoms with van der Waals surface area (Å²) in [5.74, 6) is -1.07. The number of carboxylic acids is 1. The highest BCUT2D eigenvalue weighted by molar-refractivity contribution is 5.90. The van der Waals surface area contributed by atoms with Crippen molar-refractivity contribution < 1.29 is 14.8 Å². The summed E-state index contributed by atoms with van der Waals surface area (Å²) in [5, 5.41) is 20.0. The maximum absolute atomic E-state index is 11.1. The largest absolute Gasteiger partial charge is 0.478 e. The lowest BCUT2D eigenvalue weighted by Gasteiger charge is -2.21. The van der Waals surface area contributed by atoms with Gasteiger partial charge in [-0.15, -0.1) is 0 Å². The second-order valence-corrected chi connectivity index (χ2v) is 5.60. The van der Waals surface area contributed by atoms with Crippen LogP contribution in [0.4, 0.5) is 11.4 Å². The highest BCUT2D eigenvalue weighted by atomic mass is 16.6. The summed E-state index contributed by atoms with van der Waals surface area (Å²) >= 11 is 0. The molecule has 6 nitrogen and oxygen atoms in total. The molecule has 0 atom stereocenters. The van der Waals surface area contributed by atoms with Gasteiger partial charge < -0.3 is 10.0 Å². The zero-order chi connectivity index (χ0) is 14.2. The van der Waals surface area contributed by atoms with Crippen LogP contribution in [0.15, 0.2) is 18.2 Å². The summed E-state index contributed by atoms with van der Waals surface area (Å²) in [6, 6.07) is 3.93. The smallest absolute Gasteiger partial charge is 0.335 e. The monoisotopic (exact) mass is 264 g/mol. The van der Waals surface area contributed by atoms with Crippen molar-refractivity contribution in [2.45, 2.75) is 20.3 Å². The van der Waals surface area contributed by atoms with E-state index in [1.807, 2.05) is 4.90 Å². The second kappa shape index (κ2) is 4.53. The van der Waals surface area contributed by atoms with Crippen LogP contribution in [-0.2, 0) is 0 Å². The van der Waals surface area contributed by atoms with Crippen molar-refractivity contribution in [2.75, 3.05) is 18.0 Å². The predicted octanol–water partition coefficient (Wildman–Crippen LogP) is 2.53. The molecule has 6 heteroatoms. The SMILES string of the molecule is CC1(C)CCN(c2cc(C(=O)O)ccc2[N+](=O)[O-])C1. The third-order valence-electron chi connectivity index (χ3n) is 3.44. The third-order valence-corrected chi connectivity index (χ3v) is 3.44. The average molecular weight is 264 g/mol. The Morgan fingerprint density at radius 2 is 2.16 bits per heavy atom. The Labute approximate surface area is 110 Å². The molecule has 0 aliphatic carbocycles. The molecule has 1 aliphatic rings. The molecule has 19 heavy (non-hydrogen) atoms. The molecule has 0 unspecified atom stereocenters. The molecule has 1 aromatic carbocycles. The molecule has 1 fully saturated rings. The highest BCUT2D eigenvalue weighted by Gasteiger charge is 2.32. The van der Waals surface area contributed by atoms with E-state index in [0.717, 1.165) is 6.42 Å². The van der Waals surface area contributed by atoms with E-state index in [1.165, 1.54) is 18.2 Å². The fraction of sp³-hybridized carbons (Fsp3) is 0.462. The Morgan fingerprint density at radius 1 is 1.47 bits per heavy atom. The Bertz CT molecular complexity index is 539. The number of nitrogens with zero attached hydrogens (tertiary/aromatic N) is 2. The molecule has 102 valence electrons. The van der Waals surface area contributed by atoms with Crippen LogP contribution in [0, 0.1) is 15.5 Å². The van der Waals surface area contributed by atoms with E-state index in [1.54, 1.807) is 0 Å². The normalized spacial score (nSPS) is 17.5. The van der Waals surface area contributed by atoms with E-state index >= 15 is 0 Å². The fourth-order valence-corrected chi connectivity index (χ4v) is 2.38. The number of carbonyl (C=O) groups is 1. The number of aromatic carboxylic acids is 1. The van der Waals surface area contributed by atoms with Crippen LogP contribution in [0.25, 0.3) is 0 Å². The first-order valence-electron chi connectivity index (χ1n) is 6.07. The second-order valence-electron chi connectivity index (χ2n) is 5.60. The lowest BCUT2D eigenvalue weighted by Crippen LogP contribution is -2.23. The summed E-state index contributed by atoms with van der Waals surface area (Å²) in [7, 11) is 0. The number of benzene rings is 1. The van der Waals surface area contributed by atoms with Gasteiger partial charge in [-0.3, -0.25) is 10.1 Å². The first-order chi connectivity index (χ1) is 8.80. The Hall–Kier alpha value is -2.11. The van der Waals surface area contributed by atoms with Gasteiger partial charge in [0, 0.05) is 19.2 Å². The lowest BCUT2D eigenvalue weighted by molar-refractivity contribution is -0.384. The standard InChI is InChI=1S/C13H16N2O4/c1-13(2)5-6-14(8-13)11-7-9(12(16)17)3-4-10(11)15(18)19/h3-4,7H,5-6,8H2,1-2H3,(H,16,17). The van der Waals surface area contributed by atoms with Crippen LogP contribution in [0.2, 0.25) is 0 Å². The number of nitro benzene ring substituents is 1. The molecule has 2 rings (SSSR count). The summed E-state index contributed by atoms with van der Waals surface area (Å²) in [5.41, 5.74) is 0.524. The van der Waals surface area contributed by atoms with Crippen molar-refractivity contribution >= 4 is 17.3 Å². The van der Waals surface area contributed by atoms with Gasteiger partial charge in [-0.1, -0.05) is 13.8 Å². The minimum atomic E-state index is -1.07. The zero-order valence-electron chi connectivity index (χ0n) is 10.9. The Morgan fingerprint density at radius 3 is 2.63 bits per heavy atom.